The maximum Gasteiger partial charge on any atom is 0.135 e. The first-order chi connectivity index (χ1) is 10.2. The van der Waals surface area contributed by atoms with Gasteiger partial charge in [0.2, 0.25) is 0 Å². The lowest BCUT2D eigenvalue weighted by Gasteiger charge is -2.13. The number of hydrogen-bond donors (Lipinski definition) is 1. The normalized spacial score (nSPS) is 10.8. The van der Waals surface area contributed by atoms with Crippen molar-refractivity contribution in [2.45, 2.75) is 6.54 Å². The molecule has 0 saturated heterocycles. The number of hydrogen-bond acceptors (Lipinski definition) is 2. The van der Waals surface area contributed by atoms with Crippen LogP contribution < -0.4 is 10.5 Å². The Labute approximate surface area is 126 Å². The van der Waals surface area contributed by atoms with Crippen LogP contribution in [0.25, 0.3) is 10.8 Å². The lowest BCUT2D eigenvalue weighted by Crippen LogP contribution is -2.02. The fraction of sp³-hybridized carbons (Fsp3) is 0.0588. The second-order valence-corrected chi connectivity index (χ2v) is 5.02. The van der Waals surface area contributed by atoms with E-state index in [9.17, 15) is 4.39 Å². The van der Waals surface area contributed by atoms with Gasteiger partial charge in [-0.2, -0.15) is 0 Å². The molecular weight excluding hydrogens is 289 g/mol. The van der Waals surface area contributed by atoms with Crippen molar-refractivity contribution in [3.63, 3.8) is 0 Å². The van der Waals surface area contributed by atoms with E-state index in [4.69, 9.17) is 22.1 Å². The quantitative estimate of drug-likeness (QED) is 0.748. The van der Waals surface area contributed by atoms with E-state index in [0.717, 1.165) is 10.8 Å². The molecule has 21 heavy (non-hydrogen) atoms. The van der Waals surface area contributed by atoms with Crippen LogP contribution in [0.4, 0.5) is 4.39 Å². The highest BCUT2D eigenvalue weighted by atomic mass is 35.5. The first kappa shape index (κ1) is 13.9. The van der Waals surface area contributed by atoms with Gasteiger partial charge in [0.15, 0.2) is 0 Å². The second-order valence-electron chi connectivity index (χ2n) is 4.61. The van der Waals surface area contributed by atoms with Crippen LogP contribution in [0.5, 0.6) is 11.5 Å². The summed E-state index contributed by atoms with van der Waals surface area (Å²) in [5.74, 6) is 0.675. The van der Waals surface area contributed by atoms with Crippen molar-refractivity contribution in [1.82, 2.24) is 0 Å². The predicted octanol–water partition coefficient (Wildman–Crippen LogP) is 4.88. The van der Waals surface area contributed by atoms with Crippen LogP contribution in [0.2, 0.25) is 5.02 Å². The van der Waals surface area contributed by atoms with E-state index < -0.39 is 0 Å². The largest absolute Gasteiger partial charge is 0.456 e. The van der Waals surface area contributed by atoms with Gasteiger partial charge in [0.1, 0.15) is 17.3 Å². The Kier molecular flexibility index (Phi) is 3.78. The molecule has 0 aliphatic heterocycles. The minimum Gasteiger partial charge on any atom is -0.456 e. The maximum absolute atomic E-state index is 13.8. The zero-order chi connectivity index (χ0) is 14.8. The Balaban J connectivity index is 2.11. The molecule has 0 heterocycles. The van der Waals surface area contributed by atoms with Crippen molar-refractivity contribution in [2.75, 3.05) is 0 Å². The average Bonchev–Trinajstić information content (AvgIpc) is 2.51. The van der Waals surface area contributed by atoms with Crippen LogP contribution in [0.15, 0.2) is 54.6 Å². The summed E-state index contributed by atoms with van der Waals surface area (Å²) >= 11 is 6.18. The molecule has 0 aromatic heterocycles. The predicted molar refractivity (Wildman–Crippen MR) is 83.3 cm³/mol. The van der Waals surface area contributed by atoms with Crippen molar-refractivity contribution in [1.29, 1.82) is 0 Å². The molecule has 0 fully saturated rings. The van der Waals surface area contributed by atoms with Gasteiger partial charge < -0.3 is 10.5 Å². The molecule has 2 N–H and O–H groups in total. The van der Waals surface area contributed by atoms with Crippen molar-refractivity contribution in [3.8, 4) is 11.5 Å². The second kappa shape index (κ2) is 5.72. The number of halogens is 2. The van der Waals surface area contributed by atoms with Crippen molar-refractivity contribution in [3.05, 3.63) is 71.0 Å². The van der Waals surface area contributed by atoms with Crippen LogP contribution >= 0.6 is 11.6 Å². The van der Waals surface area contributed by atoms with Gasteiger partial charge in [0.25, 0.3) is 0 Å². The van der Waals surface area contributed by atoms with E-state index in [0.29, 0.717) is 22.1 Å². The van der Waals surface area contributed by atoms with Crippen LogP contribution in [0.1, 0.15) is 5.56 Å². The SMILES string of the molecule is NCc1c(F)cccc1Oc1ccc(Cl)c2ccccc12. The first-order valence-corrected chi connectivity index (χ1v) is 6.91. The molecule has 0 amide bonds. The van der Waals surface area contributed by atoms with Crippen molar-refractivity contribution >= 4 is 22.4 Å². The van der Waals surface area contributed by atoms with Crippen molar-refractivity contribution in [2.24, 2.45) is 5.73 Å². The number of benzene rings is 3. The van der Waals surface area contributed by atoms with Gasteiger partial charge in [0, 0.05) is 27.9 Å². The molecule has 0 spiro atoms. The molecule has 4 heteroatoms. The molecule has 3 aromatic rings. The molecular formula is C17H13ClFNO. The average molecular weight is 302 g/mol. The molecule has 0 bridgehead atoms. The first-order valence-electron chi connectivity index (χ1n) is 6.53. The topological polar surface area (TPSA) is 35.2 Å². The minimum absolute atomic E-state index is 0.0769. The van der Waals surface area contributed by atoms with E-state index in [1.54, 1.807) is 24.3 Å². The van der Waals surface area contributed by atoms with Gasteiger partial charge in [-0.05, 0) is 24.3 Å². The summed E-state index contributed by atoms with van der Waals surface area (Å²) in [6, 6.07) is 15.9. The molecule has 2 nitrogen and oxygen atoms in total. The summed E-state index contributed by atoms with van der Waals surface area (Å²) in [4.78, 5) is 0. The van der Waals surface area contributed by atoms with Gasteiger partial charge in [-0.25, -0.2) is 4.39 Å². The highest BCUT2D eigenvalue weighted by Gasteiger charge is 2.11. The van der Waals surface area contributed by atoms with Gasteiger partial charge in [-0.3, -0.25) is 0 Å². The lowest BCUT2D eigenvalue weighted by atomic mass is 10.1. The third kappa shape index (κ3) is 2.58. The molecule has 106 valence electrons. The fourth-order valence-corrected chi connectivity index (χ4v) is 2.50. The molecule has 0 saturated carbocycles. The van der Waals surface area contributed by atoms with Crippen LogP contribution in [-0.2, 0) is 6.54 Å². The number of rotatable bonds is 3. The summed E-state index contributed by atoms with van der Waals surface area (Å²) in [7, 11) is 0. The van der Waals surface area contributed by atoms with E-state index in [1.807, 2.05) is 24.3 Å². The Morgan fingerprint density at radius 2 is 1.67 bits per heavy atom. The van der Waals surface area contributed by atoms with Gasteiger partial charge in [-0.1, -0.05) is 41.9 Å². The standard InChI is InChI=1S/C17H13ClFNO/c18-14-8-9-17(12-5-2-1-4-11(12)14)21-16-7-3-6-15(19)13(16)10-20/h1-9H,10,20H2. The van der Waals surface area contributed by atoms with Crippen molar-refractivity contribution < 1.29 is 9.13 Å². The molecule has 3 rings (SSSR count). The van der Waals surface area contributed by atoms with Crippen LogP contribution in [0, 0.1) is 5.82 Å². The Bertz CT molecular complexity index is 804. The highest BCUT2D eigenvalue weighted by molar-refractivity contribution is 6.35. The fourth-order valence-electron chi connectivity index (χ4n) is 2.27. The summed E-state index contributed by atoms with van der Waals surface area (Å²) < 4.78 is 19.6. The zero-order valence-corrected chi connectivity index (χ0v) is 11.9. The number of fused-ring (bicyclic) bond motifs is 1. The summed E-state index contributed by atoms with van der Waals surface area (Å²) in [6.45, 7) is 0.0769. The number of ether oxygens (including phenoxy) is 1. The zero-order valence-electron chi connectivity index (χ0n) is 11.1. The maximum atomic E-state index is 13.8. The van der Waals surface area contributed by atoms with Gasteiger partial charge >= 0.3 is 0 Å². The molecule has 0 aliphatic rings. The smallest absolute Gasteiger partial charge is 0.135 e. The molecule has 0 atom stereocenters. The molecule has 0 aliphatic carbocycles. The third-order valence-corrected chi connectivity index (χ3v) is 3.66. The van der Waals surface area contributed by atoms with E-state index in [2.05, 4.69) is 0 Å². The van der Waals surface area contributed by atoms with Crippen LogP contribution in [0.3, 0.4) is 0 Å². The lowest BCUT2D eigenvalue weighted by molar-refractivity contribution is 0.472. The molecule has 0 radical (unpaired) electrons. The van der Waals surface area contributed by atoms with Gasteiger partial charge in [-0.15, -0.1) is 0 Å². The molecule has 0 unspecified atom stereocenters. The Morgan fingerprint density at radius 1 is 0.905 bits per heavy atom. The van der Waals surface area contributed by atoms with E-state index >= 15 is 0 Å². The third-order valence-electron chi connectivity index (χ3n) is 3.33. The monoisotopic (exact) mass is 301 g/mol. The molecule has 3 aromatic carbocycles. The highest BCUT2D eigenvalue weighted by Crippen LogP contribution is 2.35. The van der Waals surface area contributed by atoms with E-state index in [-0.39, 0.29) is 12.4 Å². The van der Waals surface area contributed by atoms with E-state index in [1.165, 1.54) is 6.07 Å². The Morgan fingerprint density at radius 3 is 2.43 bits per heavy atom. The summed E-state index contributed by atoms with van der Waals surface area (Å²) in [5, 5.41) is 2.41. The minimum atomic E-state index is -0.367. The van der Waals surface area contributed by atoms with Gasteiger partial charge in [0.05, 0.1) is 0 Å². The number of nitrogens with two attached hydrogens (primary N) is 1. The Hall–Kier alpha value is -2.10. The summed E-state index contributed by atoms with van der Waals surface area (Å²) in [6.07, 6.45) is 0. The van der Waals surface area contributed by atoms with Crippen LogP contribution in [-0.4, -0.2) is 0 Å². The summed E-state index contributed by atoms with van der Waals surface area (Å²) in [5.41, 5.74) is 5.96.